The summed E-state index contributed by atoms with van der Waals surface area (Å²) >= 11 is 6.06. The maximum Gasteiger partial charge on any atom is 0.213 e. The van der Waals surface area contributed by atoms with E-state index in [1.165, 1.54) is 0 Å². The monoisotopic (exact) mass is 258 g/mol. The molecule has 1 aromatic rings. The van der Waals surface area contributed by atoms with E-state index in [1.54, 1.807) is 13.3 Å². The molecule has 5 heteroatoms. The van der Waals surface area contributed by atoms with Crippen LogP contribution in [-0.2, 0) is 11.3 Å². The molecule has 0 aliphatic carbocycles. The molecular weight excluding hydrogens is 240 g/mol. The third-order valence-electron chi connectivity index (χ3n) is 2.15. The second-order valence-corrected chi connectivity index (χ2v) is 4.40. The number of pyridine rings is 1. The molecule has 0 amide bonds. The summed E-state index contributed by atoms with van der Waals surface area (Å²) in [5.41, 5.74) is 0.989. The standard InChI is InChI=1S/C12H19ClN2O2/c1-9(2)14-7-10-6-12(15-8-11(10)13)17-5-4-16-3/h6,8-9,14H,4-5,7H2,1-3H3. The van der Waals surface area contributed by atoms with Crippen molar-refractivity contribution < 1.29 is 9.47 Å². The largest absolute Gasteiger partial charge is 0.475 e. The van der Waals surface area contributed by atoms with E-state index in [0.29, 0.717) is 36.7 Å². The van der Waals surface area contributed by atoms with Gasteiger partial charge < -0.3 is 14.8 Å². The fraction of sp³-hybridized carbons (Fsp3) is 0.583. The van der Waals surface area contributed by atoms with Crippen molar-refractivity contribution in [1.82, 2.24) is 10.3 Å². The van der Waals surface area contributed by atoms with Gasteiger partial charge in [-0.1, -0.05) is 25.4 Å². The molecule has 0 spiro atoms. The zero-order valence-electron chi connectivity index (χ0n) is 10.5. The maximum atomic E-state index is 6.06. The van der Waals surface area contributed by atoms with Crippen molar-refractivity contribution in [1.29, 1.82) is 0 Å². The lowest BCUT2D eigenvalue weighted by molar-refractivity contribution is 0.143. The molecule has 0 saturated heterocycles. The molecule has 0 fully saturated rings. The molecule has 0 atom stereocenters. The minimum atomic E-state index is 0.414. The molecular formula is C12H19ClN2O2. The van der Waals surface area contributed by atoms with E-state index in [1.807, 2.05) is 6.07 Å². The van der Waals surface area contributed by atoms with Crippen molar-refractivity contribution in [2.45, 2.75) is 26.4 Å². The zero-order chi connectivity index (χ0) is 12.7. The van der Waals surface area contributed by atoms with Gasteiger partial charge in [0.2, 0.25) is 5.88 Å². The Kier molecular flexibility index (Phi) is 6.26. The van der Waals surface area contributed by atoms with Crippen LogP contribution < -0.4 is 10.1 Å². The maximum absolute atomic E-state index is 6.06. The average Bonchev–Trinajstić information content (AvgIpc) is 2.29. The summed E-state index contributed by atoms with van der Waals surface area (Å²) in [6, 6.07) is 2.27. The molecule has 0 aromatic carbocycles. The average molecular weight is 259 g/mol. The first-order chi connectivity index (χ1) is 8.13. The van der Waals surface area contributed by atoms with Crippen molar-refractivity contribution in [3.8, 4) is 5.88 Å². The van der Waals surface area contributed by atoms with E-state index in [9.17, 15) is 0 Å². The Morgan fingerprint density at radius 1 is 1.41 bits per heavy atom. The van der Waals surface area contributed by atoms with E-state index < -0.39 is 0 Å². The van der Waals surface area contributed by atoms with Gasteiger partial charge in [-0.15, -0.1) is 0 Å². The summed E-state index contributed by atoms with van der Waals surface area (Å²) in [6.07, 6.45) is 1.61. The molecule has 1 N–H and O–H groups in total. The second kappa shape index (κ2) is 7.48. The summed E-state index contributed by atoms with van der Waals surface area (Å²) in [6.45, 7) is 5.92. The van der Waals surface area contributed by atoms with Gasteiger partial charge in [-0.2, -0.15) is 0 Å². The van der Waals surface area contributed by atoms with E-state index >= 15 is 0 Å². The summed E-state index contributed by atoms with van der Waals surface area (Å²) in [5.74, 6) is 0.576. The summed E-state index contributed by atoms with van der Waals surface area (Å²) < 4.78 is 10.3. The fourth-order valence-corrected chi connectivity index (χ4v) is 1.39. The predicted octanol–water partition coefficient (Wildman–Crippen LogP) is 2.26. The molecule has 0 unspecified atom stereocenters. The summed E-state index contributed by atoms with van der Waals surface area (Å²) in [4.78, 5) is 4.10. The Bertz CT molecular complexity index is 345. The van der Waals surface area contributed by atoms with Crippen molar-refractivity contribution in [2.75, 3.05) is 20.3 Å². The van der Waals surface area contributed by atoms with Gasteiger partial charge in [0.15, 0.2) is 0 Å². The van der Waals surface area contributed by atoms with Crippen LogP contribution in [0.25, 0.3) is 0 Å². The van der Waals surface area contributed by atoms with Gasteiger partial charge in [0.1, 0.15) is 6.61 Å². The quantitative estimate of drug-likeness (QED) is 0.762. The fourth-order valence-electron chi connectivity index (χ4n) is 1.22. The highest BCUT2D eigenvalue weighted by Gasteiger charge is 2.05. The van der Waals surface area contributed by atoms with Crippen molar-refractivity contribution in [2.24, 2.45) is 0 Å². The lowest BCUT2D eigenvalue weighted by atomic mass is 10.2. The smallest absolute Gasteiger partial charge is 0.213 e. The van der Waals surface area contributed by atoms with Crippen LogP contribution in [0.4, 0.5) is 0 Å². The Morgan fingerprint density at radius 3 is 2.82 bits per heavy atom. The van der Waals surface area contributed by atoms with Crippen LogP contribution in [0, 0.1) is 0 Å². The Hall–Kier alpha value is -0.840. The Balaban J connectivity index is 2.59. The van der Waals surface area contributed by atoms with Gasteiger partial charge in [0.05, 0.1) is 11.6 Å². The number of nitrogens with one attached hydrogen (secondary N) is 1. The minimum Gasteiger partial charge on any atom is -0.475 e. The molecule has 1 heterocycles. The SMILES string of the molecule is COCCOc1cc(CNC(C)C)c(Cl)cn1. The topological polar surface area (TPSA) is 43.4 Å². The molecule has 1 rings (SSSR count). The van der Waals surface area contributed by atoms with Crippen LogP contribution in [0.3, 0.4) is 0 Å². The minimum absolute atomic E-state index is 0.414. The van der Waals surface area contributed by atoms with E-state index in [4.69, 9.17) is 21.1 Å². The number of aromatic nitrogens is 1. The highest BCUT2D eigenvalue weighted by molar-refractivity contribution is 6.31. The van der Waals surface area contributed by atoms with Crippen LogP contribution in [0.15, 0.2) is 12.3 Å². The van der Waals surface area contributed by atoms with E-state index in [-0.39, 0.29) is 0 Å². The molecule has 17 heavy (non-hydrogen) atoms. The highest BCUT2D eigenvalue weighted by atomic mass is 35.5. The second-order valence-electron chi connectivity index (χ2n) is 3.99. The molecule has 0 bridgehead atoms. The number of halogens is 1. The normalized spacial score (nSPS) is 10.9. The van der Waals surface area contributed by atoms with Gasteiger partial charge in [-0.05, 0) is 5.56 Å². The Labute approximate surface area is 107 Å². The molecule has 0 radical (unpaired) electrons. The van der Waals surface area contributed by atoms with E-state index in [0.717, 1.165) is 5.56 Å². The highest BCUT2D eigenvalue weighted by Crippen LogP contribution is 2.19. The number of nitrogens with zero attached hydrogens (tertiary/aromatic N) is 1. The first-order valence-corrected chi connectivity index (χ1v) is 6.00. The van der Waals surface area contributed by atoms with Crippen molar-refractivity contribution in [3.63, 3.8) is 0 Å². The number of rotatable bonds is 7. The van der Waals surface area contributed by atoms with Crippen LogP contribution in [-0.4, -0.2) is 31.3 Å². The van der Waals surface area contributed by atoms with Gasteiger partial charge >= 0.3 is 0 Å². The van der Waals surface area contributed by atoms with Gasteiger partial charge in [-0.25, -0.2) is 4.98 Å². The lowest BCUT2D eigenvalue weighted by Crippen LogP contribution is -2.22. The first-order valence-electron chi connectivity index (χ1n) is 5.63. The lowest BCUT2D eigenvalue weighted by Gasteiger charge is -2.11. The van der Waals surface area contributed by atoms with E-state index in [2.05, 4.69) is 24.1 Å². The van der Waals surface area contributed by atoms with Gasteiger partial charge in [-0.3, -0.25) is 0 Å². The Morgan fingerprint density at radius 2 is 2.18 bits per heavy atom. The number of hydrogen-bond donors (Lipinski definition) is 1. The molecule has 0 aliphatic heterocycles. The molecule has 0 saturated carbocycles. The predicted molar refractivity (Wildman–Crippen MR) is 68.6 cm³/mol. The third-order valence-corrected chi connectivity index (χ3v) is 2.49. The van der Waals surface area contributed by atoms with Crippen LogP contribution in [0.1, 0.15) is 19.4 Å². The number of methoxy groups -OCH3 is 1. The van der Waals surface area contributed by atoms with Crippen LogP contribution in [0.5, 0.6) is 5.88 Å². The van der Waals surface area contributed by atoms with Gasteiger partial charge in [0.25, 0.3) is 0 Å². The zero-order valence-corrected chi connectivity index (χ0v) is 11.3. The van der Waals surface area contributed by atoms with Crippen molar-refractivity contribution >= 4 is 11.6 Å². The number of ether oxygens (including phenoxy) is 2. The molecule has 4 nitrogen and oxygen atoms in total. The summed E-state index contributed by atoms with van der Waals surface area (Å²) in [5, 5.41) is 3.95. The van der Waals surface area contributed by atoms with Crippen LogP contribution >= 0.6 is 11.6 Å². The molecule has 0 aliphatic rings. The third kappa shape index (κ3) is 5.35. The first kappa shape index (κ1) is 14.2. The van der Waals surface area contributed by atoms with Gasteiger partial charge in [0, 0.05) is 32.0 Å². The number of hydrogen-bond acceptors (Lipinski definition) is 4. The van der Waals surface area contributed by atoms with Crippen molar-refractivity contribution in [3.05, 3.63) is 22.8 Å². The summed E-state index contributed by atoms with van der Waals surface area (Å²) in [7, 11) is 1.64. The molecule has 1 aromatic heterocycles. The molecule has 96 valence electrons. The van der Waals surface area contributed by atoms with Crippen LogP contribution in [0.2, 0.25) is 5.02 Å².